The van der Waals surface area contributed by atoms with Crippen LogP contribution in [0.4, 0.5) is 0 Å². The van der Waals surface area contributed by atoms with E-state index in [1.807, 2.05) is 66.7 Å². The molecule has 0 aliphatic carbocycles. The molecular formula is C24H21ClN2OS. The number of benzene rings is 3. The average Bonchev–Trinajstić information content (AvgIpc) is 3.12. The number of carbonyl (C=O) groups excluding carboxylic acids is 1. The van der Waals surface area contributed by atoms with Crippen LogP contribution in [0.2, 0.25) is 5.02 Å². The molecule has 0 aliphatic heterocycles. The second-order valence-electron chi connectivity index (χ2n) is 6.95. The molecule has 1 aromatic heterocycles. The minimum Gasteiger partial charge on any atom is -0.350 e. The fourth-order valence-electron chi connectivity index (χ4n) is 3.24. The first-order valence-corrected chi connectivity index (χ1v) is 10.7. The molecule has 2 N–H and O–H groups in total. The van der Waals surface area contributed by atoms with Gasteiger partial charge in [-0.15, -0.1) is 0 Å². The number of carbonyl (C=O) groups is 1. The molecule has 1 amide bonds. The van der Waals surface area contributed by atoms with Gasteiger partial charge in [0.1, 0.15) is 5.69 Å². The highest BCUT2D eigenvalue weighted by atomic mass is 35.5. The molecule has 0 saturated heterocycles. The molecule has 0 bridgehead atoms. The van der Waals surface area contributed by atoms with Crippen molar-refractivity contribution in [2.24, 2.45) is 0 Å². The number of H-pyrrole nitrogens is 1. The molecule has 1 unspecified atom stereocenters. The molecule has 0 spiro atoms. The summed E-state index contributed by atoms with van der Waals surface area (Å²) in [6.07, 6.45) is 0. The summed E-state index contributed by atoms with van der Waals surface area (Å²) in [6.45, 7) is 2.69. The number of aromatic nitrogens is 1. The van der Waals surface area contributed by atoms with Crippen LogP contribution in [-0.4, -0.2) is 17.4 Å². The zero-order valence-electron chi connectivity index (χ0n) is 16.0. The molecule has 4 rings (SSSR count). The Morgan fingerprint density at radius 2 is 1.69 bits per heavy atom. The highest BCUT2D eigenvalue weighted by Crippen LogP contribution is 2.37. The number of halogens is 1. The minimum absolute atomic E-state index is 0.0968. The van der Waals surface area contributed by atoms with E-state index in [9.17, 15) is 4.79 Å². The zero-order chi connectivity index (χ0) is 20.2. The van der Waals surface area contributed by atoms with Gasteiger partial charge < -0.3 is 10.3 Å². The van der Waals surface area contributed by atoms with Crippen LogP contribution >= 0.6 is 23.4 Å². The summed E-state index contributed by atoms with van der Waals surface area (Å²) in [5, 5.41) is 4.82. The molecule has 0 saturated carbocycles. The lowest BCUT2D eigenvalue weighted by Gasteiger charge is -2.13. The number of aromatic amines is 1. The van der Waals surface area contributed by atoms with E-state index in [4.69, 9.17) is 11.6 Å². The summed E-state index contributed by atoms with van der Waals surface area (Å²) in [7, 11) is 0. The van der Waals surface area contributed by atoms with Crippen LogP contribution in [0.3, 0.4) is 0 Å². The van der Waals surface area contributed by atoms with E-state index in [0.717, 1.165) is 20.7 Å². The van der Waals surface area contributed by atoms with E-state index in [2.05, 4.69) is 29.4 Å². The van der Waals surface area contributed by atoms with Gasteiger partial charge in [0.15, 0.2) is 0 Å². The summed E-state index contributed by atoms with van der Waals surface area (Å²) < 4.78 is 0. The fraction of sp³-hybridized carbons (Fsp3) is 0.125. The first-order valence-electron chi connectivity index (χ1n) is 9.49. The van der Waals surface area contributed by atoms with Crippen molar-refractivity contribution in [3.8, 4) is 0 Å². The molecule has 1 heterocycles. The van der Waals surface area contributed by atoms with Gasteiger partial charge in [-0.2, -0.15) is 0 Å². The van der Waals surface area contributed by atoms with Crippen LogP contribution in [0.5, 0.6) is 0 Å². The molecule has 146 valence electrons. The van der Waals surface area contributed by atoms with Crippen molar-refractivity contribution in [3.63, 3.8) is 0 Å². The Hall–Kier alpha value is -2.69. The van der Waals surface area contributed by atoms with Crippen LogP contribution in [-0.2, 0) is 0 Å². The van der Waals surface area contributed by atoms with E-state index >= 15 is 0 Å². The fourth-order valence-corrected chi connectivity index (χ4v) is 4.40. The van der Waals surface area contributed by atoms with Crippen molar-refractivity contribution in [3.05, 3.63) is 95.1 Å². The Balaban J connectivity index is 1.59. The van der Waals surface area contributed by atoms with Crippen LogP contribution < -0.4 is 5.32 Å². The van der Waals surface area contributed by atoms with E-state index in [1.165, 1.54) is 5.56 Å². The van der Waals surface area contributed by atoms with Gasteiger partial charge in [-0.25, -0.2) is 0 Å². The maximum Gasteiger partial charge on any atom is 0.268 e. The van der Waals surface area contributed by atoms with Gasteiger partial charge in [-0.3, -0.25) is 4.79 Å². The third kappa shape index (κ3) is 4.50. The highest BCUT2D eigenvalue weighted by molar-refractivity contribution is 7.99. The lowest BCUT2D eigenvalue weighted by molar-refractivity contribution is 0.0944. The van der Waals surface area contributed by atoms with Gasteiger partial charge in [-0.05, 0) is 41.8 Å². The summed E-state index contributed by atoms with van der Waals surface area (Å²) in [4.78, 5) is 18.3. The second kappa shape index (κ2) is 8.76. The number of rotatable bonds is 6. The molecule has 29 heavy (non-hydrogen) atoms. The maximum atomic E-state index is 13.0. The summed E-state index contributed by atoms with van der Waals surface area (Å²) in [5.74, 6) is 0.136. The molecule has 1 atom stereocenters. The lowest BCUT2D eigenvalue weighted by atomic mass is 10.0. The second-order valence-corrected chi connectivity index (χ2v) is 8.47. The largest absolute Gasteiger partial charge is 0.350 e. The molecule has 0 radical (unpaired) electrons. The molecular weight excluding hydrogens is 400 g/mol. The van der Waals surface area contributed by atoms with Crippen LogP contribution in [0.25, 0.3) is 10.9 Å². The van der Waals surface area contributed by atoms with Gasteiger partial charge in [0.05, 0.1) is 4.90 Å². The zero-order valence-corrected chi connectivity index (χ0v) is 17.6. The van der Waals surface area contributed by atoms with E-state index in [1.54, 1.807) is 11.8 Å². The third-order valence-electron chi connectivity index (χ3n) is 4.86. The molecule has 3 nitrogen and oxygen atoms in total. The number of hydrogen-bond donors (Lipinski definition) is 2. The van der Waals surface area contributed by atoms with Gasteiger partial charge in [0, 0.05) is 27.4 Å². The number of nitrogens with one attached hydrogen (secondary N) is 2. The van der Waals surface area contributed by atoms with E-state index in [-0.39, 0.29) is 11.8 Å². The quantitative estimate of drug-likeness (QED) is 0.373. The van der Waals surface area contributed by atoms with Crippen molar-refractivity contribution in [2.75, 3.05) is 6.54 Å². The number of hydrogen-bond acceptors (Lipinski definition) is 2. The predicted octanol–water partition coefficient (Wildman–Crippen LogP) is 6.51. The molecule has 3 aromatic carbocycles. The molecule has 0 fully saturated rings. The molecule has 0 aliphatic rings. The minimum atomic E-state index is -0.0968. The van der Waals surface area contributed by atoms with Crippen molar-refractivity contribution >= 4 is 40.2 Å². The van der Waals surface area contributed by atoms with Gasteiger partial charge >= 0.3 is 0 Å². The van der Waals surface area contributed by atoms with Gasteiger partial charge in [0.25, 0.3) is 5.91 Å². The summed E-state index contributed by atoms with van der Waals surface area (Å²) in [5.41, 5.74) is 2.75. The Bertz CT molecular complexity index is 1120. The Labute approximate surface area is 179 Å². The number of amides is 1. The van der Waals surface area contributed by atoms with Gasteiger partial charge in [-0.1, -0.05) is 78.8 Å². The van der Waals surface area contributed by atoms with Crippen LogP contribution in [0.1, 0.15) is 28.9 Å². The van der Waals surface area contributed by atoms with Crippen LogP contribution in [0, 0.1) is 0 Å². The Morgan fingerprint density at radius 1 is 1.00 bits per heavy atom. The Morgan fingerprint density at radius 3 is 2.45 bits per heavy atom. The average molecular weight is 421 g/mol. The normalized spacial score (nSPS) is 12.1. The van der Waals surface area contributed by atoms with Crippen molar-refractivity contribution in [1.82, 2.24) is 10.3 Å². The van der Waals surface area contributed by atoms with E-state index < -0.39 is 0 Å². The van der Waals surface area contributed by atoms with Crippen molar-refractivity contribution in [1.29, 1.82) is 0 Å². The smallest absolute Gasteiger partial charge is 0.268 e. The number of para-hydroxylation sites is 1. The highest BCUT2D eigenvalue weighted by Gasteiger charge is 2.19. The summed E-state index contributed by atoms with van der Waals surface area (Å²) >= 11 is 7.58. The predicted molar refractivity (Wildman–Crippen MR) is 121 cm³/mol. The Kier molecular flexibility index (Phi) is 5.93. The maximum absolute atomic E-state index is 13.0. The molecule has 4 aromatic rings. The molecule has 5 heteroatoms. The topological polar surface area (TPSA) is 44.9 Å². The van der Waals surface area contributed by atoms with Gasteiger partial charge in [0.2, 0.25) is 0 Å². The standard InChI is InChI=1S/C24H21ClN2OS/c1-16(17-7-3-2-4-8-17)15-26-24(28)22-23(20-9-5-6-10-21(20)27-22)29-19-13-11-18(25)12-14-19/h2-14,16,27H,15H2,1H3,(H,26,28). The first kappa shape index (κ1) is 19.6. The number of fused-ring (bicyclic) bond motifs is 1. The van der Waals surface area contributed by atoms with Crippen molar-refractivity contribution in [2.45, 2.75) is 22.6 Å². The van der Waals surface area contributed by atoms with Crippen molar-refractivity contribution < 1.29 is 4.79 Å². The third-order valence-corrected chi connectivity index (χ3v) is 6.24. The van der Waals surface area contributed by atoms with E-state index in [0.29, 0.717) is 17.3 Å². The SMILES string of the molecule is CC(CNC(=O)c1[nH]c2ccccc2c1Sc1ccc(Cl)cc1)c1ccccc1. The van der Waals surface area contributed by atoms with Crippen LogP contribution in [0.15, 0.2) is 88.7 Å². The first-order chi connectivity index (χ1) is 14.1. The lowest BCUT2D eigenvalue weighted by Crippen LogP contribution is -2.28. The summed E-state index contributed by atoms with van der Waals surface area (Å²) in [6, 6.07) is 25.8. The monoisotopic (exact) mass is 420 g/mol.